The van der Waals surface area contributed by atoms with Gasteiger partial charge in [0, 0.05) is 12.1 Å². The zero-order chi connectivity index (χ0) is 12.6. The van der Waals surface area contributed by atoms with Crippen molar-refractivity contribution in [1.82, 2.24) is 4.98 Å². The summed E-state index contributed by atoms with van der Waals surface area (Å²) in [4.78, 5) is 15.7. The fourth-order valence-corrected chi connectivity index (χ4v) is 2.19. The molecule has 0 atom stereocenters. The quantitative estimate of drug-likeness (QED) is 0.758. The molecular formula is C12H12F3NO. The molecule has 1 heterocycles. The molecule has 17 heavy (non-hydrogen) atoms. The summed E-state index contributed by atoms with van der Waals surface area (Å²) in [5, 5.41) is 0. The summed E-state index contributed by atoms with van der Waals surface area (Å²) < 4.78 is 37.3. The van der Waals surface area contributed by atoms with Gasteiger partial charge in [-0.1, -0.05) is 0 Å². The molecule has 0 spiro atoms. The average molecular weight is 243 g/mol. The molecule has 0 amide bonds. The van der Waals surface area contributed by atoms with Gasteiger partial charge in [0.15, 0.2) is 5.78 Å². The van der Waals surface area contributed by atoms with E-state index in [1.807, 2.05) is 0 Å². The summed E-state index contributed by atoms with van der Waals surface area (Å²) in [6, 6.07) is 1.44. The first-order valence-corrected chi connectivity index (χ1v) is 5.46. The van der Waals surface area contributed by atoms with Crippen molar-refractivity contribution in [1.29, 1.82) is 0 Å². The molecule has 0 unspecified atom stereocenters. The summed E-state index contributed by atoms with van der Waals surface area (Å²) in [6.07, 6.45) is -3.72. The lowest BCUT2D eigenvalue weighted by molar-refractivity contribution is -0.127. The second kappa shape index (κ2) is 4.13. The molecule has 0 radical (unpaired) electrons. The zero-order valence-corrected chi connectivity index (χ0v) is 9.40. The van der Waals surface area contributed by atoms with Crippen LogP contribution in [0.5, 0.6) is 0 Å². The molecule has 0 saturated carbocycles. The SMILES string of the molecule is Cc1cc(CC(F)(F)F)c2c(n1)C(=O)CCC2. The van der Waals surface area contributed by atoms with Gasteiger partial charge in [-0.2, -0.15) is 13.2 Å². The Morgan fingerprint density at radius 3 is 2.71 bits per heavy atom. The van der Waals surface area contributed by atoms with Gasteiger partial charge in [-0.15, -0.1) is 0 Å². The minimum absolute atomic E-state index is 0.140. The van der Waals surface area contributed by atoms with Crippen molar-refractivity contribution in [3.05, 3.63) is 28.6 Å². The second-order valence-electron chi connectivity index (χ2n) is 4.32. The van der Waals surface area contributed by atoms with Crippen molar-refractivity contribution in [3.63, 3.8) is 0 Å². The molecule has 0 fully saturated rings. The van der Waals surface area contributed by atoms with E-state index >= 15 is 0 Å². The largest absolute Gasteiger partial charge is 0.393 e. The number of ketones is 1. The van der Waals surface area contributed by atoms with Gasteiger partial charge in [0.1, 0.15) is 5.69 Å². The summed E-state index contributed by atoms with van der Waals surface area (Å²) in [5.41, 5.74) is 1.41. The topological polar surface area (TPSA) is 30.0 Å². The summed E-state index contributed by atoms with van der Waals surface area (Å²) in [6.45, 7) is 1.61. The predicted molar refractivity (Wildman–Crippen MR) is 56.0 cm³/mol. The average Bonchev–Trinajstić information content (AvgIpc) is 2.17. The van der Waals surface area contributed by atoms with Gasteiger partial charge in [-0.05, 0) is 37.0 Å². The first-order chi connectivity index (χ1) is 7.87. The van der Waals surface area contributed by atoms with Crippen molar-refractivity contribution in [2.75, 3.05) is 0 Å². The monoisotopic (exact) mass is 243 g/mol. The van der Waals surface area contributed by atoms with Gasteiger partial charge in [0.2, 0.25) is 0 Å². The maximum absolute atomic E-state index is 12.4. The smallest absolute Gasteiger partial charge is 0.292 e. The number of pyridine rings is 1. The lowest BCUT2D eigenvalue weighted by Gasteiger charge is -2.19. The Morgan fingerprint density at radius 1 is 1.35 bits per heavy atom. The van der Waals surface area contributed by atoms with E-state index in [9.17, 15) is 18.0 Å². The number of aryl methyl sites for hydroxylation is 1. The summed E-state index contributed by atoms with van der Waals surface area (Å²) in [5.74, 6) is -0.140. The van der Waals surface area contributed by atoms with Crippen LogP contribution in [0.3, 0.4) is 0 Å². The molecule has 1 aliphatic rings. The molecular weight excluding hydrogens is 231 g/mol. The highest BCUT2D eigenvalue weighted by molar-refractivity contribution is 5.96. The number of alkyl halides is 3. The molecule has 0 aliphatic heterocycles. The Labute approximate surface area is 96.9 Å². The fraction of sp³-hybridized carbons (Fsp3) is 0.500. The molecule has 1 aliphatic carbocycles. The van der Waals surface area contributed by atoms with Crippen LogP contribution in [-0.2, 0) is 12.8 Å². The molecule has 0 N–H and O–H groups in total. The Kier molecular flexibility index (Phi) is 2.93. The number of carbonyl (C=O) groups excluding carboxylic acids is 1. The van der Waals surface area contributed by atoms with Crippen LogP contribution >= 0.6 is 0 Å². The van der Waals surface area contributed by atoms with Crippen molar-refractivity contribution in [3.8, 4) is 0 Å². The van der Waals surface area contributed by atoms with E-state index < -0.39 is 12.6 Å². The number of hydrogen-bond acceptors (Lipinski definition) is 2. The second-order valence-corrected chi connectivity index (χ2v) is 4.32. The van der Waals surface area contributed by atoms with Crippen molar-refractivity contribution in [2.24, 2.45) is 0 Å². The van der Waals surface area contributed by atoms with Crippen LogP contribution in [0.4, 0.5) is 13.2 Å². The number of halogens is 3. The maximum atomic E-state index is 12.4. The Morgan fingerprint density at radius 2 is 2.06 bits per heavy atom. The number of aromatic nitrogens is 1. The molecule has 5 heteroatoms. The van der Waals surface area contributed by atoms with Gasteiger partial charge in [-0.25, -0.2) is 4.98 Å². The third-order valence-electron chi connectivity index (χ3n) is 2.83. The lowest BCUT2D eigenvalue weighted by Crippen LogP contribution is -2.20. The van der Waals surface area contributed by atoms with Gasteiger partial charge in [0.25, 0.3) is 0 Å². The normalized spacial score (nSPS) is 15.9. The fourth-order valence-electron chi connectivity index (χ4n) is 2.19. The number of fused-ring (bicyclic) bond motifs is 1. The number of Topliss-reactive ketones (excluding diaryl/α,β-unsaturated/α-hetero) is 1. The van der Waals surface area contributed by atoms with Crippen molar-refractivity contribution in [2.45, 2.75) is 38.8 Å². The molecule has 2 rings (SSSR count). The standard InChI is InChI=1S/C12H12F3NO/c1-7-5-8(6-12(13,14)15)9-3-2-4-10(17)11(9)16-7/h5H,2-4,6H2,1H3. The highest BCUT2D eigenvalue weighted by atomic mass is 19.4. The molecule has 92 valence electrons. The Hall–Kier alpha value is -1.39. The molecule has 2 nitrogen and oxygen atoms in total. The van der Waals surface area contributed by atoms with E-state index in [1.54, 1.807) is 6.92 Å². The number of carbonyl (C=O) groups is 1. The molecule has 0 aromatic carbocycles. The first-order valence-electron chi connectivity index (χ1n) is 5.46. The highest BCUT2D eigenvalue weighted by Gasteiger charge is 2.31. The summed E-state index contributed by atoms with van der Waals surface area (Å²) in [7, 11) is 0. The van der Waals surface area contributed by atoms with E-state index in [0.29, 0.717) is 30.5 Å². The van der Waals surface area contributed by atoms with E-state index in [-0.39, 0.29) is 17.0 Å². The first kappa shape index (κ1) is 12.1. The predicted octanol–water partition coefficient (Wildman–Crippen LogP) is 3.01. The minimum Gasteiger partial charge on any atom is -0.292 e. The Balaban J connectivity index is 2.48. The summed E-state index contributed by atoms with van der Waals surface area (Å²) >= 11 is 0. The van der Waals surface area contributed by atoms with Gasteiger partial charge in [-0.3, -0.25) is 4.79 Å². The van der Waals surface area contributed by atoms with E-state index in [0.717, 1.165) is 0 Å². The number of nitrogens with zero attached hydrogens (tertiary/aromatic N) is 1. The van der Waals surface area contributed by atoms with E-state index in [4.69, 9.17) is 0 Å². The van der Waals surface area contributed by atoms with Gasteiger partial charge < -0.3 is 0 Å². The lowest BCUT2D eigenvalue weighted by atomic mass is 9.89. The van der Waals surface area contributed by atoms with Crippen molar-refractivity contribution < 1.29 is 18.0 Å². The van der Waals surface area contributed by atoms with E-state index in [2.05, 4.69) is 4.98 Å². The third kappa shape index (κ3) is 2.65. The van der Waals surface area contributed by atoms with Crippen LogP contribution in [0.2, 0.25) is 0 Å². The Bertz CT molecular complexity index is 466. The van der Waals surface area contributed by atoms with Crippen LogP contribution in [0.1, 0.15) is 40.2 Å². The van der Waals surface area contributed by atoms with E-state index in [1.165, 1.54) is 6.07 Å². The zero-order valence-electron chi connectivity index (χ0n) is 9.40. The molecule has 0 saturated heterocycles. The number of rotatable bonds is 1. The van der Waals surface area contributed by atoms with Gasteiger partial charge >= 0.3 is 6.18 Å². The highest BCUT2D eigenvalue weighted by Crippen LogP contribution is 2.29. The maximum Gasteiger partial charge on any atom is 0.393 e. The van der Waals surface area contributed by atoms with Crippen molar-refractivity contribution >= 4 is 5.78 Å². The van der Waals surface area contributed by atoms with Crippen LogP contribution in [0, 0.1) is 6.92 Å². The third-order valence-corrected chi connectivity index (χ3v) is 2.83. The number of hydrogen-bond donors (Lipinski definition) is 0. The molecule has 1 aromatic rings. The van der Waals surface area contributed by atoms with Crippen LogP contribution in [0.15, 0.2) is 6.07 Å². The molecule has 0 bridgehead atoms. The van der Waals surface area contributed by atoms with Crippen LogP contribution in [-0.4, -0.2) is 16.9 Å². The van der Waals surface area contributed by atoms with Crippen LogP contribution < -0.4 is 0 Å². The molecule has 1 aromatic heterocycles. The van der Waals surface area contributed by atoms with Gasteiger partial charge in [0.05, 0.1) is 6.42 Å². The van der Waals surface area contributed by atoms with Crippen LogP contribution in [0.25, 0.3) is 0 Å². The minimum atomic E-state index is -4.25.